The number of rotatable bonds is 8. The minimum atomic E-state index is -5.44. The number of nitrogens with zero attached hydrogens (tertiary/aromatic N) is 1. The molecule has 8 N–H and O–H groups in total. The van der Waals surface area contributed by atoms with Crippen LogP contribution in [0.2, 0.25) is 0 Å². The third kappa shape index (κ3) is 6.76. The molecule has 0 radical (unpaired) electrons. The summed E-state index contributed by atoms with van der Waals surface area (Å²) in [6.07, 6.45) is -2.15. The topological polar surface area (TPSA) is 258 Å². The molecule has 6 atom stereocenters. The van der Waals surface area contributed by atoms with E-state index in [9.17, 15) is 43.3 Å². The van der Waals surface area contributed by atoms with Crippen LogP contribution in [0.15, 0.2) is 21.9 Å². The van der Waals surface area contributed by atoms with Gasteiger partial charge in [-0.05, 0) is 6.42 Å². The molecule has 0 aromatic carbocycles. The molecule has 0 amide bonds. The smallest absolute Gasteiger partial charge is 0.390 e. The molecule has 2 rings (SSSR count). The molecule has 1 aliphatic carbocycles. The Morgan fingerprint density at radius 1 is 1.14 bits per heavy atom. The third-order valence-electron chi connectivity index (χ3n) is 3.90. The van der Waals surface area contributed by atoms with Crippen molar-refractivity contribution in [2.24, 2.45) is 5.92 Å². The normalized spacial score (nSPS) is 29.3. The SMILES string of the molecule is O=c1ccn([C@@H]2C[C@H](COP(=O)(O)OP(=O)(O)NP(=O)(O)O)C(O)C2O)c(=O)[nH]1. The van der Waals surface area contributed by atoms with Crippen molar-refractivity contribution in [1.82, 2.24) is 14.4 Å². The molecule has 16 nitrogen and oxygen atoms in total. The second-order valence-corrected chi connectivity index (χ2v) is 10.8. The van der Waals surface area contributed by atoms with Crippen LogP contribution >= 0.6 is 23.3 Å². The highest BCUT2D eigenvalue weighted by molar-refractivity contribution is 7.70. The summed E-state index contributed by atoms with van der Waals surface area (Å²) in [5, 5.41) is 20.2. The van der Waals surface area contributed by atoms with Crippen molar-refractivity contribution in [2.45, 2.75) is 24.7 Å². The van der Waals surface area contributed by atoms with E-state index >= 15 is 0 Å². The van der Waals surface area contributed by atoms with Crippen LogP contribution < -0.4 is 16.1 Å². The van der Waals surface area contributed by atoms with Crippen LogP contribution in [0, 0.1) is 5.92 Å². The molecule has 0 bridgehead atoms. The van der Waals surface area contributed by atoms with Gasteiger partial charge in [-0.2, -0.15) is 4.31 Å². The number of hydrogen-bond donors (Lipinski definition) is 8. The Labute approximate surface area is 161 Å². The van der Waals surface area contributed by atoms with E-state index in [-0.39, 0.29) is 6.42 Å². The van der Waals surface area contributed by atoms with Crippen LogP contribution in [0.3, 0.4) is 0 Å². The molecule has 1 saturated carbocycles. The maximum absolute atomic E-state index is 11.8. The van der Waals surface area contributed by atoms with Gasteiger partial charge in [-0.25, -0.2) is 18.5 Å². The molecule has 1 aromatic heterocycles. The number of phosphoric acid groups is 1. The highest BCUT2D eigenvalue weighted by atomic mass is 31.3. The fourth-order valence-corrected chi connectivity index (χ4v) is 6.24. The first-order valence-electron chi connectivity index (χ1n) is 7.64. The Bertz CT molecular complexity index is 1000. The number of aromatic nitrogens is 2. The van der Waals surface area contributed by atoms with Crippen molar-refractivity contribution in [2.75, 3.05) is 6.61 Å². The second kappa shape index (κ2) is 8.63. The van der Waals surface area contributed by atoms with Crippen molar-refractivity contribution in [3.63, 3.8) is 0 Å². The van der Waals surface area contributed by atoms with Gasteiger partial charge >= 0.3 is 29.0 Å². The Kier molecular flexibility index (Phi) is 7.23. The maximum atomic E-state index is 11.8. The lowest BCUT2D eigenvalue weighted by atomic mass is 10.1. The average Bonchev–Trinajstić information content (AvgIpc) is 2.78. The number of aromatic amines is 1. The van der Waals surface area contributed by atoms with Crippen molar-refractivity contribution < 1.29 is 52.3 Å². The molecule has 4 unspecified atom stereocenters. The fraction of sp³-hybridized carbons (Fsp3) is 0.600. The van der Waals surface area contributed by atoms with Crippen molar-refractivity contribution in [3.8, 4) is 0 Å². The van der Waals surface area contributed by atoms with E-state index in [0.717, 1.165) is 21.7 Å². The molecular formula is C10H18N3O13P3. The van der Waals surface area contributed by atoms with Gasteiger partial charge in [-0.3, -0.25) is 18.9 Å². The van der Waals surface area contributed by atoms with Crippen LogP contribution in [0.25, 0.3) is 0 Å². The zero-order valence-corrected chi connectivity index (χ0v) is 16.9. The molecule has 29 heavy (non-hydrogen) atoms. The molecule has 0 spiro atoms. The standard InChI is InChI=1S/C10H18N3O13P3/c14-7-1-2-13(10(17)11-7)6-3-5(8(15)9(6)16)4-25-29(23,24)26-28(21,22)12-27(18,19)20/h1-2,5-6,8-9,15-16H,3-4H2,(H,23,24)(H,11,14,17)(H4,12,18,19,20,21,22)/t5-,6-,8?,9?/m1/s1. The zero-order valence-electron chi connectivity index (χ0n) is 14.2. The van der Waals surface area contributed by atoms with Crippen LogP contribution in [0.1, 0.15) is 12.5 Å². The number of H-pyrrole nitrogens is 1. The monoisotopic (exact) mass is 481 g/mol. The Morgan fingerprint density at radius 2 is 1.76 bits per heavy atom. The summed E-state index contributed by atoms with van der Waals surface area (Å²) in [4.78, 5) is 61.5. The fourth-order valence-electron chi connectivity index (χ4n) is 2.76. The number of phosphoric ester groups is 1. The number of aliphatic hydroxyl groups is 2. The Hall–Kier alpha value is -0.990. The molecule has 1 aromatic rings. The van der Waals surface area contributed by atoms with E-state index in [1.54, 1.807) is 0 Å². The number of nitrogens with one attached hydrogen (secondary N) is 2. The minimum absolute atomic E-state index is 0.161. The summed E-state index contributed by atoms with van der Waals surface area (Å²) in [5.41, 5.74) is -1.55. The van der Waals surface area contributed by atoms with E-state index in [2.05, 4.69) is 8.83 Å². The lowest BCUT2D eigenvalue weighted by molar-refractivity contribution is -0.00444. The predicted molar refractivity (Wildman–Crippen MR) is 92.3 cm³/mol. The largest absolute Gasteiger partial charge is 0.480 e. The summed E-state index contributed by atoms with van der Waals surface area (Å²) in [6, 6.07) is -0.0189. The first kappa shape index (κ1) is 24.3. The number of aliphatic hydroxyl groups excluding tert-OH is 2. The van der Waals surface area contributed by atoms with E-state index in [1.807, 2.05) is 4.98 Å². The predicted octanol–water partition coefficient (Wildman–Crippen LogP) is -2.26. The quantitative estimate of drug-likeness (QED) is 0.182. The van der Waals surface area contributed by atoms with E-state index < -0.39 is 65.3 Å². The van der Waals surface area contributed by atoms with Crippen LogP contribution in [0.4, 0.5) is 0 Å². The Morgan fingerprint density at radius 3 is 2.31 bits per heavy atom. The molecule has 1 fully saturated rings. The first-order chi connectivity index (χ1) is 13.1. The van der Waals surface area contributed by atoms with Gasteiger partial charge < -0.3 is 29.8 Å². The van der Waals surface area contributed by atoms with Gasteiger partial charge in [0.25, 0.3) is 5.56 Å². The average molecular weight is 481 g/mol. The summed E-state index contributed by atoms with van der Waals surface area (Å²) >= 11 is 0. The maximum Gasteiger partial charge on any atom is 0.480 e. The molecule has 1 heterocycles. The second-order valence-electron chi connectivity index (χ2n) is 6.07. The van der Waals surface area contributed by atoms with Crippen molar-refractivity contribution >= 4 is 23.3 Å². The van der Waals surface area contributed by atoms with Crippen molar-refractivity contribution in [1.29, 1.82) is 0 Å². The summed E-state index contributed by atoms with van der Waals surface area (Å²) in [5.74, 6) is -1.05. The lowest BCUT2D eigenvalue weighted by Gasteiger charge is -2.20. The highest BCUT2D eigenvalue weighted by Crippen LogP contribution is 2.61. The highest BCUT2D eigenvalue weighted by Gasteiger charge is 2.45. The van der Waals surface area contributed by atoms with Crippen LogP contribution in [-0.2, 0) is 22.5 Å². The van der Waals surface area contributed by atoms with Gasteiger partial charge in [0.05, 0.1) is 18.8 Å². The van der Waals surface area contributed by atoms with Crippen LogP contribution in [0.5, 0.6) is 0 Å². The first-order valence-corrected chi connectivity index (χ1v) is 12.3. The van der Waals surface area contributed by atoms with Gasteiger partial charge in [0.15, 0.2) is 0 Å². The molecular weight excluding hydrogens is 463 g/mol. The van der Waals surface area contributed by atoms with Gasteiger partial charge in [0.2, 0.25) is 0 Å². The molecule has 166 valence electrons. The number of hydrogen-bond acceptors (Lipinski definition) is 9. The minimum Gasteiger partial charge on any atom is -0.390 e. The summed E-state index contributed by atoms with van der Waals surface area (Å²) < 4.78 is 43.0. The zero-order chi connectivity index (χ0) is 22.2. The van der Waals surface area contributed by atoms with E-state index in [0.29, 0.717) is 0 Å². The molecule has 1 aliphatic rings. The van der Waals surface area contributed by atoms with Crippen LogP contribution in [-0.4, -0.2) is 58.2 Å². The molecule has 0 saturated heterocycles. The van der Waals surface area contributed by atoms with Gasteiger partial charge in [-0.1, -0.05) is 0 Å². The van der Waals surface area contributed by atoms with Gasteiger partial charge in [-0.15, -0.1) is 4.86 Å². The van der Waals surface area contributed by atoms with Gasteiger partial charge in [0.1, 0.15) is 6.10 Å². The summed E-state index contributed by atoms with van der Waals surface area (Å²) in [7, 11) is -16.1. The summed E-state index contributed by atoms with van der Waals surface area (Å²) in [6.45, 7) is -0.795. The third-order valence-corrected chi connectivity index (χ3v) is 8.14. The molecule has 0 aliphatic heterocycles. The van der Waals surface area contributed by atoms with E-state index in [4.69, 9.17) is 9.79 Å². The Balaban J connectivity index is 2.06. The molecule has 19 heteroatoms. The van der Waals surface area contributed by atoms with Crippen molar-refractivity contribution in [3.05, 3.63) is 33.1 Å². The van der Waals surface area contributed by atoms with E-state index in [1.165, 1.54) is 0 Å². The lowest BCUT2D eigenvalue weighted by Crippen LogP contribution is -2.37. The van der Waals surface area contributed by atoms with Gasteiger partial charge in [0, 0.05) is 18.2 Å².